The Morgan fingerprint density at radius 1 is 1.88 bits per heavy atom. The van der Waals surface area contributed by atoms with Gasteiger partial charge in [-0.05, 0) is 6.08 Å². The average molecular weight is 130 g/mol. The summed E-state index contributed by atoms with van der Waals surface area (Å²) in [4.78, 5) is 10.5. The molecule has 0 saturated carbocycles. The van der Waals surface area contributed by atoms with Gasteiger partial charge in [0, 0.05) is 6.42 Å². The van der Waals surface area contributed by atoms with Crippen LogP contribution in [0.15, 0.2) is 12.3 Å². The van der Waals surface area contributed by atoms with Crippen molar-refractivity contribution in [2.75, 3.05) is 0 Å². The fourth-order valence-corrected chi connectivity index (χ4v) is 0.647. The number of ether oxygens (including phenoxy) is 1. The molecule has 0 aromatic carbocycles. The van der Waals surface area contributed by atoms with Crippen LogP contribution >= 0.6 is 12.6 Å². The fraction of sp³-hybridized carbons (Fsp3) is 0.400. The molecule has 0 amide bonds. The molecular weight excluding hydrogens is 124 g/mol. The van der Waals surface area contributed by atoms with Crippen LogP contribution in [0.3, 0.4) is 0 Å². The number of thiol groups is 1. The predicted molar refractivity (Wildman–Crippen MR) is 32.6 cm³/mol. The van der Waals surface area contributed by atoms with Crippen LogP contribution in [0.4, 0.5) is 0 Å². The first-order valence-corrected chi connectivity index (χ1v) is 2.83. The first kappa shape index (κ1) is 5.69. The third kappa shape index (κ3) is 1.04. The molecular formula is C5H6O2S. The van der Waals surface area contributed by atoms with Gasteiger partial charge in [-0.15, -0.1) is 12.6 Å². The van der Waals surface area contributed by atoms with Crippen LogP contribution < -0.4 is 0 Å². The van der Waals surface area contributed by atoms with Gasteiger partial charge in [0.05, 0.1) is 6.26 Å². The number of allylic oxidation sites excluding steroid dienone is 1. The van der Waals surface area contributed by atoms with Crippen molar-refractivity contribution in [3.05, 3.63) is 12.3 Å². The van der Waals surface area contributed by atoms with E-state index in [2.05, 4.69) is 12.6 Å². The highest BCUT2D eigenvalue weighted by molar-refractivity contribution is 7.81. The number of rotatable bonds is 0. The summed E-state index contributed by atoms with van der Waals surface area (Å²) in [6.45, 7) is 0. The topological polar surface area (TPSA) is 26.3 Å². The van der Waals surface area contributed by atoms with Crippen molar-refractivity contribution in [2.24, 2.45) is 0 Å². The zero-order chi connectivity index (χ0) is 5.98. The van der Waals surface area contributed by atoms with Crippen molar-refractivity contribution in [1.29, 1.82) is 0 Å². The summed E-state index contributed by atoms with van der Waals surface area (Å²) in [6.07, 6.45) is 3.63. The molecule has 1 unspecified atom stereocenters. The van der Waals surface area contributed by atoms with E-state index in [-0.39, 0.29) is 5.78 Å². The van der Waals surface area contributed by atoms with Crippen molar-refractivity contribution in [2.45, 2.75) is 11.9 Å². The normalized spacial score (nSPS) is 27.6. The Morgan fingerprint density at radius 3 is 3.00 bits per heavy atom. The Balaban J connectivity index is 2.57. The van der Waals surface area contributed by atoms with Gasteiger partial charge in [0.15, 0.2) is 11.2 Å². The molecule has 1 aliphatic rings. The molecule has 0 aliphatic carbocycles. The molecule has 8 heavy (non-hydrogen) atoms. The largest absolute Gasteiger partial charge is 0.480 e. The minimum absolute atomic E-state index is 0.0239. The summed E-state index contributed by atoms with van der Waals surface area (Å²) >= 11 is 3.83. The van der Waals surface area contributed by atoms with Crippen LogP contribution in [0.1, 0.15) is 6.42 Å². The molecule has 3 heteroatoms. The summed E-state index contributed by atoms with van der Waals surface area (Å²) in [5.41, 5.74) is -0.528. The van der Waals surface area contributed by atoms with Crippen LogP contribution in [0.5, 0.6) is 0 Å². The zero-order valence-electron chi connectivity index (χ0n) is 4.20. The second-order valence-electron chi connectivity index (χ2n) is 1.53. The zero-order valence-corrected chi connectivity index (χ0v) is 5.10. The molecule has 0 N–H and O–H groups in total. The van der Waals surface area contributed by atoms with E-state index in [1.54, 1.807) is 6.08 Å². The van der Waals surface area contributed by atoms with Crippen molar-refractivity contribution >= 4 is 18.4 Å². The van der Waals surface area contributed by atoms with Crippen LogP contribution in [-0.2, 0) is 9.53 Å². The summed E-state index contributed by atoms with van der Waals surface area (Å²) in [7, 11) is 0. The number of Topliss-reactive ketones (excluding diaryl/α,β-unsaturated/α-hetero) is 1. The molecule has 0 aromatic heterocycles. The smallest absolute Gasteiger partial charge is 0.199 e. The number of ketones is 1. The molecule has 0 radical (unpaired) electrons. The van der Waals surface area contributed by atoms with E-state index >= 15 is 0 Å². The second kappa shape index (κ2) is 2.22. The van der Waals surface area contributed by atoms with Crippen molar-refractivity contribution in [3.63, 3.8) is 0 Å². The Bertz CT molecular complexity index is 130. The van der Waals surface area contributed by atoms with Gasteiger partial charge in [-0.3, -0.25) is 4.79 Å². The Labute approximate surface area is 52.9 Å². The highest BCUT2D eigenvalue weighted by atomic mass is 32.1. The minimum Gasteiger partial charge on any atom is -0.480 e. The first-order valence-electron chi connectivity index (χ1n) is 2.32. The molecule has 44 valence electrons. The summed E-state index contributed by atoms with van der Waals surface area (Å²) < 4.78 is 4.72. The van der Waals surface area contributed by atoms with E-state index in [0.29, 0.717) is 6.42 Å². The third-order valence-corrected chi connectivity index (χ3v) is 1.31. The lowest BCUT2D eigenvalue weighted by molar-refractivity contribution is -0.123. The molecule has 0 fully saturated rings. The lowest BCUT2D eigenvalue weighted by Crippen LogP contribution is -2.17. The summed E-state index contributed by atoms with van der Waals surface area (Å²) in [5, 5.41) is 0. The molecule has 1 heterocycles. The maximum Gasteiger partial charge on any atom is 0.199 e. The van der Waals surface area contributed by atoms with Gasteiger partial charge in [-0.2, -0.15) is 0 Å². The third-order valence-electron chi connectivity index (χ3n) is 0.898. The maximum absolute atomic E-state index is 10.5. The molecule has 0 aromatic rings. The second-order valence-corrected chi connectivity index (χ2v) is 2.00. The molecule has 0 saturated heterocycles. The van der Waals surface area contributed by atoms with Gasteiger partial charge < -0.3 is 4.74 Å². The van der Waals surface area contributed by atoms with Crippen molar-refractivity contribution in [3.8, 4) is 0 Å². The highest BCUT2D eigenvalue weighted by Crippen LogP contribution is 2.08. The molecule has 0 bridgehead atoms. The predicted octanol–water partition coefficient (Wildman–Crippen LogP) is 0.745. The Morgan fingerprint density at radius 2 is 2.62 bits per heavy atom. The highest BCUT2D eigenvalue weighted by Gasteiger charge is 2.14. The van der Waals surface area contributed by atoms with Gasteiger partial charge in [0.25, 0.3) is 0 Å². The van der Waals surface area contributed by atoms with Gasteiger partial charge >= 0.3 is 0 Å². The number of carbonyl (C=O) groups excluding carboxylic acids is 1. The van der Waals surface area contributed by atoms with E-state index in [1.165, 1.54) is 6.26 Å². The van der Waals surface area contributed by atoms with E-state index in [9.17, 15) is 4.79 Å². The first-order chi connectivity index (χ1) is 3.80. The molecule has 2 nitrogen and oxygen atoms in total. The molecule has 1 rings (SSSR count). The lowest BCUT2D eigenvalue weighted by atomic mass is 10.3. The lowest BCUT2D eigenvalue weighted by Gasteiger charge is -2.10. The van der Waals surface area contributed by atoms with Crippen molar-refractivity contribution < 1.29 is 9.53 Å². The summed E-state index contributed by atoms with van der Waals surface area (Å²) in [6, 6.07) is 0. The van der Waals surface area contributed by atoms with E-state index in [1.807, 2.05) is 0 Å². The van der Waals surface area contributed by atoms with Crippen LogP contribution in [0.25, 0.3) is 0 Å². The van der Waals surface area contributed by atoms with Gasteiger partial charge in [-0.25, -0.2) is 0 Å². The quantitative estimate of drug-likeness (QED) is 0.490. The van der Waals surface area contributed by atoms with Gasteiger partial charge in [0.2, 0.25) is 0 Å². The maximum atomic E-state index is 10.5. The Hall–Kier alpha value is -0.440. The summed E-state index contributed by atoms with van der Waals surface area (Å²) in [5.74, 6) is 0.0239. The van der Waals surface area contributed by atoms with E-state index in [4.69, 9.17) is 4.74 Å². The van der Waals surface area contributed by atoms with Crippen LogP contribution in [0.2, 0.25) is 0 Å². The standard InChI is InChI=1S/C5H6O2S/c6-4-2-1-3-7-5(4)8/h1,3,5,8H,2H2. The van der Waals surface area contributed by atoms with E-state index in [0.717, 1.165) is 0 Å². The van der Waals surface area contributed by atoms with Crippen LogP contribution in [-0.4, -0.2) is 11.2 Å². The number of hydrogen-bond acceptors (Lipinski definition) is 3. The fourth-order valence-electron chi connectivity index (χ4n) is 0.471. The molecule has 0 spiro atoms. The minimum atomic E-state index is -0.528. The van der Waals surface area contributed by atoms with Crippen LogP contribution in [0, 0.1) is 0 Å². The van der Waals surface area contributed by atoms with Gasteiger partial charge in [0.1, 0.15) is 0 Å². The van der Waals surface area contributed by atoms with E-state index < -0.39 is 5.44 Å². The number of carbonyl (C=O) groups is 1. The van der Waals surface area contributed by atoms with Gasteiger partial charge in [-0.1, -0.05) is 0 Å². The molecule has 1 aliphatic heterocycles. The average Bonchev–Trinajstić information content (AvgIpc) is 1.77. The van der Waals surface area contributed by atoms with Crippen molar-refractivity contribution in [1.82, 2.24) is 0 Å². The Kier molecular flexibility index (Phi) is 1.58. The number of hydrogen-bond donors (Lipinski definition) is 1. The monoisotopic (exact) mass is 130 g/mol. The SMILES string of the molecule is O=C1CC=COC1S. The molecule has 1 atom stereocenters.